The molecule has 0 aromatic carbocycles. The first-order valence-corrected chi connectivity index (χ1v) is 29.9. The fourth-order valence-corrected chi connectivity index (χ4v) is 7.25. The van der Waals surface area contributed by atoms with E-state index in [1.807, 2.05) is 6.08 Å². The monoisotopic (exact) mass is 1050 g/mol. The predicted molar refractivity (Wildman–Crippen MR) is 334 cm³/mol. The van der Waals surface area contributed by atoms with Gasteiger partial charge in [0.1, 0.15) is 13.2 Å². The topological polar surface area (TPSA) is 78.9 Å². The minimum absolute atomic E-state index is 0.106. The van der Waals surface area contributed by atoms with E-state index in [2.05, 4.69) is 203 Å². The van der Waals surface area contributed by atoms with Crippen molar-refractivity contribution in [2.45, 2.75) is 219 Å². The molecule has 6 heteroatoms. The summed E-state index contributed by atoms with van der Waals surface area (Å²) in [6.07, 6.45) is 95.9. The van der Waals surface area contributed by atoms with E-state index in [4.69, 9.17) is 14.2 Å². The average Bonchev–Trinajstić information content (AvgIpc) is 3.43. The molecule has 1 atom stereocenters. The van der Waals surface area contributed by atoms with Crippen LogP contribution in [0.2, 0.25) is 0 Å². The van der Waals surface area contributed by atoms with Gasteiger partial charge in [-0.2, -0.15) is 0 Å². The second-order valence-corrected chi connectivity index (χ2v) is 18.8. The van der Waals surface area contributed by atoms with Crippen LogP contribution in [0.15, 0.2) is 194 Å². The highest BCUT2D eigenvalue weighted by molar-refractivity contribution is 5.72. The van der Waals surface area contributed by atoms with Gasteiger partial charge >= 0.3 is 17.9 Å². The molecular formula is C71H106O6. The summed E-state index contributed by atoms with van der Waals surface area (Å²) in [4.78, 5) is 38.2. The number of hydrogen-bond donors (Lipinski definition) is 0. The van der Waals surface area contributed by atoms with E-state index < -0.39 is 12.1 Å². The molecule has 426 valence electrons. The van der Waals surface area contributed by atoms with Crippen LogP contribution in [0.25, 0.3) is 0 Å². The smallest absolute Gasteiger partial charge is 0.309 e. The molecule has 0 amide bonds. The zero-order chi connectivity index (χ0) is 55.7. The Kier molecular flexibility index (Phi) is 58.1. The number of esters is 3. The number of carbonyl (C=O) groups is 3. The molecule has 0 fully saturated rings. The van der Waals surface area contributed by atoms with E-state index in [9.17, 15) is 14.4 Å². The molecule has 0 aliphatic carbocycles. The molecule has 0 aromatic rings. The van der Waals surface area contributed by atoms with Crippen molar-refractivity contribution >= 4 is 17.9 Å². The number of unbranched alkanes of at least 4 members (excludes halogenated alkanes) is 9. The number of carbonyl (C=O) groups excluding carboxylic acids is 3. The van der Waals surface area contributed by atoms with Crippen molar-refractivity contribution in [3.05, 3.63) is 194 Å². The SMILES string of the molecule is CC/C=C\C/C=C\C/C=C\C/C=C\C/C=C\C/C=C\C/C=C\CCCCCC(=O)OCC(COC(=O)C/C=C\C/C=C\C/C=C\C/C=C\C/C=C\CC)OC(=O)CCCCCCCC/C=C\C/C=C\C/C=C\C/C=C\CC. The average molecular weight is 1060 g/mol. The third kappa shape index (κ3) is 61.0. The van der Waals surface area contributed by atoms with Crippen molar-refractivity contribution in [2.24, 2.45) is 0 Å². The van der Waals surface area contributed by atoms with Gasteiger partial charge in [0, 0.05) is 12.8 Å². The van der Waals surface area contributed by atoms with E-state index in [0.717, 1.165) is 161 Å². The van der Waals surface area contributed by atoms with E-state index in [-0.39, 0.29) is 44.4 Å². The van der Waals surface area contributed by atoms with Crippen LogP contribution >= 0.6 is 0 Å². The lowest BCUT2D eigenvalue weighted by Gasteiger charge is -2.18. The van der Waals surface area contributed by atoms with Gasteiger partial charge in [-0.3, -0.25) is 14.4 Å². The van der Waals surface area contributed by atoms with E-state index >= 15 is 0 Å². The number of rotatable bonds is 51. The fraction of sp³-hybridized carbons (Fsp3) is 0.507. The standard InChI is InChI=1S/C71H106O6/c1-4-7-10-13-16-19-22-25-28-30-32-33-34-35-36-37-39-40-43-46-49-52-55-58-61-64-70(73)76-67-68(66-75-69(72)63-60-57-54-51-48-45-42-27-24-21-18-15-12-9-6-3)77-71(74)65-62-59-56-53-50-47-44-41-38-31-29-26-23-20-17-14-11-8-5-2/h7-12,16-21,25-29,32-33,35-36,38-42,46,48-49,51,57,60,68H,4-6,13-15,22-24,30-31,34,37,43-45,47,50,52-56,58-59,61-67H2,1-3H3/b10-7-,11-8-,12-9-,19-16-,20-17-,21-18-,28-25-,29-26-,33-32-,36-35-,40-39-,41-38-,42-27-,49-46-,51-48-,60-57-. The maximum absolute atomic E-state index is 12.9. The fourth-order valence-electron chi connectivity index (χ4n) is 7.25. The summed E-state index contributed by atoms with van der Waals surface area (Å²) in [5.41, 5.74) is 0. The third-order valence-electron chi connectivity index (χ3n) is 11.6. The first-order chi connectivity index (χ1) is 38.0. The molecule has 0 spiro atoms. The highest BCUT2D eigenvalue weighted by Crippen LogP contribution is 2.12. The summed E-state index contributed by atoms with van der Waals surface area (Å²) < 4.78 is 16.7. The van der Waals surface area contributed by atoms with Crippen molar-refractivity contribution in [2.75, 3.05) is 13.2 Å². The van der Waals surface area contributed by atoms with Crippen molar-refractivity contribution in [3.8, 4) is 0 Å². The van der Waals surface area contributed by atoms with Crippen LogP contribution in [0.4, 0.5) is 0 Å². The van der Waals surface area contributed by atoms with Crippen molar-refractivity contribution in [1.29, 1.82) is 0 Å². The molecule has 0 saturated heterocycles. The lowest BCUT2D eigenvalue weighted by Crippen LogP contribution is -2.30. The zero-order valence-corrected chi connectivity index (χ0v) is 48.6. The van der Waals surface area contributed by atoms with Crippen LogP contribution in [0.1, 0.15) is 213 Å². The van der Waals surface area contributed by atoms with Gasteiger partial charge in [0.05, 0.1) is 6.42 Å². The van der Waals surface area contributed by atoms with Gasteiger partial charge < -0.3 is 14.2 Å². The van der Waals surface area contributed by atoms with Crippen molar-refractivity contribution in [3.63, 3.8) is 0 Å². The molecule has 0 bridgehead atoms. The van der Waals surface area contributed by atoms with Gasteiger partial charge in [-0.1, -0.05) is 247 Å². The zero-order valence-electron chi connectivity index (χ0n) is 48.6. The Bertz CT molecular complexity index is 1880. The van der Waals surface area contributed by atoms with Crippen molar-refractivity contribution in [1.82, 2.24) is 0 Å². The summed E-state index contributed by atoms with van der Waals surface area (Å²) >= 11 is 0. The lowest BCUT2D eigenvalue weighted by molar-refractivity contribution is -0.166. The van der Waals surface area contributed by atoms with E-state index in [1.165, 1.54) is 12.8 Å². The van der Waals surface area contributed by atoms with Gasteiger partial charge in [-0.25, -0.2) is 0 Å². The van der Waals surface area contributed by atoms with Crippen LogP contribution in [-0.2, 0) is 28.6 Å². The van der Waals surface area contributed by atoms with Gasteiger partial charge in [0.25, 0.3) is 0 Å². The number of hydrogen-bond acceptors (Lipinski definition) is 6. The van der Waals surface area contributed by atoms with Crippen LogP contribution in [0, 0.1) is 0 Å². The van der Waals surface area contributed by atoms with E-state index in [0.29, 0.717) is 0 Å². The second kappa shape index (κ2) is 62.8. The maximum Gasteiger partial charge on any atom is 0.309 e. The molecular weight excluding hydrogens is 949 g/mol. The van der Waals surface area contributed by atoms with Crippen LogP contribution in [0.5, 0.6) is 0 Å². The summed E-state index contributed by atoms with van der Waals surface area (Å²) in [6, 6.07) is 0. The summed E-state index contributed by atoms with van der Waals surface area (Å²) in [5.74, 6) is -1.13. The largest absolute Gasteiger partial charge is 0.462 e. The minimum Gasteiger partial charge on any atom is -0.462 e. The van der Waals surface area contributed by atoms with Crippen LogP contribution < -0.4 is 0 Å². The highest BCUT2D eigenvalue weighted by atomic mass is 16.6. The Hall–Kier alpha value is -5.75. The minimum atomic E-state index is -0.853. The van der Waals surface area contributed by atoms with Crippen LogP contribution in [-0.4, -0.2) is 37.2 Å². The Balaban J connectivity index is 4.59. The summed E-state index contributed by atoms with van der Waals surface area (Å²) in [7, 11) is 0. The van der Waals surface area contributed by atoms with Gasteiger partial charge in [0.2, 0.25) is 0 Å². The molecule has 0 saturated carbocycles. The predicted octanol–water partition coefficient (Wildman–Crippen LogP) is 20.6. The Morgan fingerprint density at radius 1 is 0.273 bits per heavy atom. The Morgan fingerprint density at radius 3 is 0.857 bits per heavy atom. The molecule has 0 rings (SSSR count). The lowest BCUT2D eigenvalue weighted by atomic mass is 10.1. The van der Waals surface area contributed by atoms with Gasteiger partial charge in [-0.05, 0) is 141 Å². The molecule has 1 unspecified atom stereocenters. The maximum atomic E-state index is 12.9. The first kappa shape index (κ1) is 71.2. The number of allylic oxidation sites excluding steroid dienone is 31. The quantitative estimate of drug-likeness (QED) is 0.0261. The first-order valence-electron chi connectivity index (χ1n) is 29.9. The number of ether oxygens (including phenoxy) is 3. The van der Waals surface area contributed by atoms with Crippen LogP contribution in [0.3, 0.4) is 0 Å². The molecule has 0 heterocycles. The molecule has 0 aliphatic heterocycles. The Morgan fingerprint density at radius 2 is 0.519 bits per heavy atom. The molecule has 0 N–H and O–H groups in total. The Labute approximate surface area is 471 Å². The molecule has 6 nitrogen and oxygen atoms in total. The third-order valence-corrected chi connectivity index (χ3v) is 11.6. The van der Waals surface area contributed by atoms with Crippen molar-refractivity contribution < 1.29 is 28.6 Å². The summed E-state index contributed by atoms with van der Waals surface area (Å²) in [5, 5.41) is 0. The van der Waals surface area contributed by atoms with Gasteiger partial charge in [0.15, 0.2) is 6.10 Å². The van der Waals surface area contributed by atoms with E-state index in [1.54, 1.807) is 6.08 Å². The second-order valence-electron chi connectivity index (χ2n) is 18.8. The highest BCUT2D eigenvalue weighted by Gasteiger charge is 2.19. The molecule has 0 aromatic heterocycles. The molecule has 0 aliphatic rings. The molecule has 77 heavy (non-hydrogen) atoms. The summed E-state index contributed by atoms with van der Waals surface area (Å²) in [6.45, 7) is 6.15. The van der Waals surface area contributed by atoms with Gasteiger partial charge in [-0.15, -0.1) is 0 Å². The normalized spacial score (nSPS) is 13.5. The molecule has 0 radical (unpaired) electrons.